The van der Waals surface area contributed by atoms with Crippen LogP contribution in [0.5, 0.6) is 0 Å². The zero-order valence-electron chi connectivity index (χ0n) is 12.5. The Bertz CT molecular complexity index is 463. The van der Waals surface area contributed by atoms with Crippen molar-refractivity contribution in [3.63, 3.8) is 0 Å². The molecular weight excluding hydrogens is 272 g/mol. The van der Waals surface area contributed by atoms with Gasteiger partial charge >= 0.3 is 0 Å². The summed E-state index contributed by atoms with van der Waals surface area (Å²) in [5.74, 6) is -0.418. The third-order valence-corrected chi connectivity index (χ3v) is 2.79. The van der Waals surface area contributed by atoms with Crippen LogP contribution in [-0.2, 0) is 9.47 Å². The van der Waals surface area contributed by atoms with Gasteiger partial charge < -0.3 is 20.1 Å². The summed E-state index contributed by atoms with van der Waals surface area (Å²) in [5, 5.41) is 5.50. The Labute approximate surface area is 124 Å². The number of benzene rings is 1. The first kappa shape index (κ1) is 17.1. The number of carbonyl (C=O) groups excluding carboxylic acids is 2. The van der Waals surface area contributed by atoms with E-state index >= 15 is 0 Å². The second kappa shape index (κ2) is 9.90. The molecule has 2 N–H and O–H groups in total. The number of rotatable bonds is 9. The molecule has 1 rings (SSSR count). The van der Waals surface area contributed by atoms with Gasteiger partial charge in [0.15, 0.2) is 0 Å². The van der Waals surface area contributed by atoms with Gasteiger partial charge in [-0.3, -0.25) is 9.59 Å². The predicted octanol–water partition coefficient (Wildman–Crippen LogP) is 0.829. The third kappa shape index (κ3) is 6.37. The quantitative estimate of drug-likeness (QED) is 0.661. The molecule has 0 unspecified atom stereocenters. The Morgan fingerprint density at radius 2 is 1.52 bits per heavy atom. The minimum atomic E-state index is -0.221. The van der Waals surface area contributed by atoms with Gasteiger partial charge in [-0.25, -0.2) is 0 Å². The van der Waals surface area contributed by atoms with Gasteiger partial charge in [0.05, 0.1) is 6.61 Å². The van der Waals surface area contributed by atoms with Crippen LogP contribution in [-0.4, -0.2) is 52.3 Å². The first-order chi connectivity index (χ1) is 10.2. The minimum absolute atomic E-state index is 0.197. The van der Waals surface area contributed by atoms with Crippen LogP contribution < -0.4 is 10.6 Å². The van der Waals surface area contributed by atoms with Crippen LogP contribution in [0.25, 0.3) is 0 Å². The second-order valence-corrected chi connectivity index (χ2v) is 4.43. The number of hydrogen-bond acceptors (Lipinski definition) is 4. The summed E-state index contributed by atoms with van der Waals surface area (Å²) < 4.78 is 9.78. The maximum Gasteiger partial charge on any atom is 0.251 e. The fraction of sp³-hybridized carbons (Fsp3) is 0.467. The number of carbonyl (C=O) groups is 2. The zero-order chi connectivity index (χ0) is 15.5. The Morgan fingerprint density at radius 1 is 0.952 bits per heavy atom. The van der Waals surface area contributed by atoms with Gasteiger partial charge in [0.25, 0.3) is 11.8 Å². The molecule has 6 nitrogen and oxygen atoms in total. The Kier molecular flexibility index (Phi) is 8.08. The van der Waals surface area contributed by atoms with Crippen molar-refractivity contribution in [2.24, 2.45) is 0 Å². The van der Waals surface area contributed by atoms with Crippen LogP contribution in [0.3, 0.4) is 0 Å². The number of methoxy groups -OCH3 is 2. The van der Waals surface area contributed by atoms with Gasteiger partial charge in [-0.1, -0.05) is 6.07 Å². The van der Waals surface area contributed by atoms with Crippen molar-refractivity contribution in [3.05, 3.63) is 35.4 Å². The number of nitrogens with one attached hydrogen (secondary N) is 2. The van der Waals surface area contributed by atoms with E-state index in [-0.39, 0.29) is 11.8 Å². The summed E-state index contributed by atoms with van der Waals surface area (Å²) in [7, 11) is 3.19. The minimum Gasteiger partial charge on any atom is -0.385 e. The van der Waals surface area contributed by atoms with E-state index in [0.717, 1.165) is 6.42 Å². The summed E-state index contributed by atoms with van der Waals surface area (Å²) in [5.41, 5.74) is 0.919. The normalized spacial score (nSPS) is 10.2. The maximum atomic E-state index is 11.9. The molecule has 2 amide bonds. The van der Waals surface area contributed by atoms with Crippen molar-refractivity contribution in [2.45, 2.75) is 6.42 Å². The van der Waals surface area contributed by atoms with Crippen molar-refractivity contribution >= 4 is 11.8 Å². The fourth-order valence-corrected chi connectivity index (χ4v) is 1.69. The lowest BCUT2D eigenvalue weighted by Gasteiger charge is -2.07. The van der Waals surface area contributed by atoms with Gasteiger partial charge in [-0.2, -0.15) is 0 Å². The highest BCUT2D eigenvalue weighted by Crippen LogP contribution is 2.05. The molecule has 6 heteroatoms. The largest absolute Gasteiger partial charge is 0.385 e. The Balaban J connectivity index is 2.54. The lowest BCUT2D eigenvalue weighted by molar-refractivity contribution is 0.0937. The van der Waals surface area contributed by atoms with Gasteiger partial charge in [-0.05, 0) is 24.6 Å². The fourth-order valence-electron chi connectivity index (χ4n) is 1.69. The molecule has 0 saturated carbocycles. The van der Waals surface area contributed by atoms with Crippen LogP contribution in [0.15, 0.2) is 24.3 Å². The molecule has 0 aliphatic heterocycles. The van der Waals surface area contributed by atoms with Crippen LogP contribution in [0, 0.1) is 0 Å². The highest BCUT2D eigenvalue weighted by molar-refractivity contribution is 5.99. The molecule has 1 aromatic carbocycles. The van der Waals surface area contributed by atoms with Crippen molar-refractivity contribution in [1.82, 2.24) is 10.6 Å². The number of ether oxygens (including phenoxy) is 2. The van der Waals surface area contributed by atoms with Gasteiger partial charge in [0.1, 0.15) is 0 Å². The SMILES string of the molecule is COCCCNC(=O)c1cccc(C(=O)NCCOC)c1. The van der Waals surface area contributed by atoms with E-state index in [1.54, 1.807) is 38.5 Å². The lowest BCUT2D eigenvalue weighted by atomic mass is 10.1. The molecule has 0 saturated heterocycles. The molecule has 1 aromatic rings. The van der Waals surface area contributed by atoms with Crippen molar-refractivity contribution < 1.29 is 19.1 Å². The van der Waals surface area contributed by atoms with E-state index in [1.165, 1.54) is 0 Å². The topological polar surface area (TPSA) is 76.7 Å². The molecule has 0 aromatic heterocycles. The van der Waals surface area contributed by atoms with Crippen LogP contribution in [0.2, 0.25) is 0 Å². The average Bonchev–Trinajstić information content (AvgIpc) is 2.51. The molecule has 0 radical (unpaired) electrons. The predicted molar refractivity (Wildman–Crippen MR) is 79.5 cm³/mol. The zero-order valence-corrected chi connectivity index (χ0v) is 12.5. The summed E-state index contributed by atoms with van der Waals surface area (Å²) in [6.07, 6.45) is 0.749. The van der Waals surface area contributed by atoms with Crippen LogP contribution in [0.1, 0.15) is 27.1 Å². The Hall–Kier alpha value is -1.92. The van der Waals surface area contributed by atoms with E-state index in [9.17, 15) is 9.59 Å². The van der Waals surface area contributed by atoms with Crippen LogP contribution in [0.4, 0.5) is 0 Å². The van der Waals surface area contributed by atoms with Gasteiger partial charge in [0, 0.05) is 45.0 Å². The Morgan fingerprint density at radius 3 is 2.10 bits per heavy atom. The molecule has 0 atom stereocenters. The molecule has 0 aliphatic rings. The number of amides is 2. The van der Waals surface area contributed by atoms with Crippen molar-refractivity contribution in [1.29, 1.82) is 0 Å². The third-order valence-electron chi connectivity index (χ3n) is 2.79. The molecule has 0 aliphatic carbocycles. The van der Waals surface area contributed by atoms with Crippen LogP contribution >= 0.6 is 0 Å². The molecular formula is C15H22N2O4. The highest BCUT2D eigenvalue weighted by Gasteiger charge is 2.09. The average molecular weight is 294 g/mol. The summed E-state index contributed by atoms with van der Waals surface area (Å²) in [6, 6.07) is 6.62. The lowest BCUT2D eigenvalue weighted by Crippen LogP contribution is -2.28. The van der Waals surface area contributed by atoms with Gasteiger partial charge in [0.2, 0.25) is 0 Å². The van der Waals surface area contributed by atoms with E-state index in [2.05, 4.69) is 10.6 Å². The molecule has 0 spiro atoms. The van der Waals surface area contributed by atoms with E-state index in [4.69, 9.17) is 9.47 Å². The smallest absolute Gasteiger partial charge is 0.251 e. The molecule has 116 valence electrons. The van der Waals surface area contributed by atoms with Crippen molar-refractivity contribution in [3.8, 4) is 0 Å². The molecule has 0 heterocycles. The maximum absolute atomic E-state index is 11.9. The summed E-state index contributed by atoms with van der Waals surface area (Å²) in [4.78, 5) is 23.8. The van der Waals surface area contributed by atoms with Gasteiger partial charge in [-0.15, -0.1) is 0 Å². The highest BCUT2D eigenvalue weighted by atomic mass is 16.5. The van der Waals surface area contributed by atoms with E-state index < -0.39 is 0 Å². The van der Waals surface area contributed by atoms with Crippen molar-refractivity contribution in [2.75, 3.05) is 40.5 Å². The van der Waals surface area contributed by atoms with E-state index in [0.29, 0.717) is 37.4 Å². The standard InChI is InChI=1S/C15H22N2O4/c1-20-9-4-7-16-14(18)12-5-3-6-13(11-12)15(19)17-8-10-21-2/h3,5-6,11H,4,7-10H2,1-2H3,(H,16,18)(H,17,19). The van der Waals surface area contributed by atoms with E-state index in [1.807, 2.05) is 0 Å². The molecule has 0 fully saturated rings. The monoisotopic (exact) mass is 294 g/mol. The summed E-state index contributed by atoms with van der Waals surface area (Å²) in [6.45, 7) is 2.02. The molecule has 0 bridgehead atoms. The second-order valence-electron chi connectivity index (χ2n) is 4.43. The number of hydrogen-bond donors (Lipinski definition) is 2. The first-order valence-electron chi connectivity index (χ1n) is 6.83. The summed E-state index contributed by atoms with van der Waals surface area (Å²) >= 11 is 0. The first-order valence-corrected chi connectivity index (χ1v) is 6.83. The molecule has 21 heavy (non-hydrogen) atoms.